The van der Waals surface area contributed by atoms with Crippen molar-refractivity contribution in [2.75, 3.05) is 20.1 Å². The molecule has 0 unspecified atom stereocenters. The first-order valence-corrected chi connectivity index (χ1v) is 6.57. The average Bonchev–Trinajstić information content (AvgIpc) is 2.18. The van der Waals surface area contributed by atoms with Crippen molar-refractivity contribution >= 4 is 12.0 Å². The molecule has 0 aliphatic heterocycles. The van der Waals surface area contributed by atoms with Gasteiger partial charge in [0, 0.05) is 13.6 Å². The van der Waals surface area contributed by atoms with Gasteiger partial charge in [0.05, 0.1) is 18.6 Å². The van der Waals surface area contributed by atoms with Gasteiger partial charge in [-0.15, -0.1) is 0 Å². The van der Waals surface area contributed by atoms with Crippen LogP contribution in [0, 0.1) is 5.41 Å². The molecule has 6 heteroatoms. The highest BCUT2D eigenvalue weighted by molar-refractivity contribution is 5.74. The number of hydrogen-bond acceptors (Lipinski definition) is 3. The predicted molar refractivity (Wildman–Crippen MR) is 70.9 cm³/mol. The zero-order valence-corrected chi connectivity index (χ0v) is 11.9. The highest BCUT2D eigenvalue weighted by Gasteiger charge is 2.39. The third-order valence-electron chi connectivity index (χ3n) is 3.53. The Hall–Kier alpha value is -1.30. The van der Waals surface area contributed by atoms with Crippen LogP contribution in [0.5, 0.6) is 0 Å². The number of likely N-dealkylation sites (N-methyl/N-ethyl adjacent to an activating group) is 1. The minimum absolute atomic E-state index is 0.0997. The molecule has 6 nitrogen and oxygen atoms in total. The number of carboxylic acid groups (broad SMARTS) is 1. The van der Waals surface area contributed by atoms with E-state index in [1.54, 1.807) is 20.9 Å². The molecule has 0 aromatic carbocycles. The molecule has 0 spiro atoms. The Labute approximate surface area is 113 Å². The van der Waals surface area contributed by atoms with Gasteiger partial charge >= 0.3 is 12.0 Å². The van der Waals surface area contributed by atoms with E-state index in [-0.39, 0.29) is 24.4 Å². The topological polar surface area (TPSA) is 89.9 Å². The SMILES string of the molecule is CN(CC(C)(C)O)C(=O)NCC1(CC(=O)O)CCC1. The molecule has 1 rings (SSSR count). The minimum Gasteiger partial charge on any atom is -0.481 e. The van der Waals surface area contributed by atoms with E-state index in [9.17, 15) is 14.7 Å². The second-order valence-corrected chi connectivity index (χ2v) is 6.25. The summed E-state index contributed by atoms with van der Waals surface area (Å²) in [5.41, 5.74) is -1.22. The summed E-state index contributed by atoms with van der Waals surface area (Å²) in [5, 5.41) is 21.3. The van der Waals surface area contributed by atoms with Crippen molar-refractivity contribution in [3.05, 3.63) is 0 Å². The number of amides is 2. The Balaban J connectivity index is 2.42. The summed E-state index contributed by atoms with van der Waals surface area (Å²) in [4.78, 5) is 24.1. The fourth-order valence-electron chi connectivity index (χ4n) is 2.46. The van der Waals surface area contributed by atoms with E-state index >= 15 is 0 Å². The Morgan fingerprint density at radius 3 is 2.32 bits per heavy atom. The van der Waals surface area contributed by atoms with Crippen LogP contribution in [0.15, 0.2) is 0 Å². The largest absolute Gasteiger partial charge is 0.481 e. The lowest BCUT2D eigenvalue weighted by Gasteiger charge is -2.41. The molecule has 3 N–H and O–H groups in total. The van der Waals surface area contributed by atoms with Crippen LogP contribution in [0.1, 0.15) is 39.5 Å². The van der Waals surface area contributed by atoms with Crippen LogP contribution in [0.25, 0.3) is 0 Å². The number of hydrogen-bond donors (Lipinski definition) is 3. The van der Waals surface area contributed by atoms with E-state index in [0.717, 1.165) is 19.3 Å². The fourth-order valence-corrected chi connectivity index (χ4v) is 2.46. The summed E-state index contributed by atoms with van der Waals surface area (Å²) < 4.78 is 0. The number of carbonyl (C=O) groups is 2. The van der Waals surface area contributed by atoms with E-state index in [0.29, 0.717) is 6.54 Å². The van der Waals surface area contributed by atoms with Gasteiger partial charge in [-0.2, -0.15) is 0 Å². The first kappa shape index (κ1) is 15.8. The molecule has 1 aliphatic rings. The Morgan fingerprint density at radius 2 is 1.95 bits per heavy atom. The number of aliphatic carboxylic acids is 1. The molecule has 1 fully saturated rings. The summed E-state index contributed by atoms with van der Waals surface area (Å²) in [6.45, 7) is 3.88. The normalized spacial score (nSPS) is 17.5. The van der Waals surface area contributed by atoms with Gasteiger partial charge in [-0.1, -0.05) is 6.42 Å². The molecule has 0 aromatic heterocycles. The molecule has 2 amide bonds. The molecule has 0 radical (unpaired) electrons. The smallest absolute Gasteiger partial charge is 0.317 e. The van der Waals surface area contributed by atoms with Crippen molar-refractivity contribution in [3.63, 3.8) is 0 Å². The zero-order chi connectivity index (χ0) is 14.7. The third kappa shape index (κ3) is 5.06. The maximum Gasteiger partial charge on any atom is 0.317 e. The molecular weight excluding hydrogens is 248 g/mol. The molecule has 19 heavy (non-hydrogen) atoms. The van der Waals surface area contributed by atoms with E-state index in [1.165, 1.54) is 4.90 Å². The van der Waals surface area contributed by atoms with Gasteiger partial charge < -0.3 is 20.4 Å². The molecule has 110 valence electrons. The zero-order valence-electron chi connectivity index (χ0n) is 11.9. The highest BCUT2D eigenvalue weighted by atomic mass is 16.4. The molecule has 1 aliphatic carbocycles. The fraction of sp³-hybridized carbons (Fsp3) is 0.846. The number of carbonyl (C=O) groups excluding carboxylic acids is 1. The van der Waals surface area contributed by atoms with Crippen molar-refractivity contribution < 1.29 is 19.8 Å². The predicted octanol–water partition coefficient (Wildman–Crippen LogP) is 1.04. The molecule has 0 atom stereocenters. The van der Waals surface area contributed by atoms with Crippen LogP contribution in [0.4, 0.5) is 4.79 Å². The number of carboxylic acids is 1. The maximum absolute atomic E-state index is 11.8. The quantitative estimate of drug-likeness (QED) is 0.674. The Morgan fingerprint density at radius 1 is 1.37 bits per heavy atom. The van der Waals surface area contributed by atoms with Crippen molar-refractivity contribution in [2.24, 2.45) is 5.41 Å². The van der Waals surface area contributed by atoms with E-state index in [4.69, 9.17) is 5.11 Å². The first-order chi connectivity index (χ1) is 8.64. The third-order valence-corrected chi connectivity index (χ3v) is 3.53. The number of aliphatic hydroxyl groups is 1. The van der Waals surface area contributed by atoms with Crippen LogP contribution >= 0.6 is 0 Å². The van der Waals surface area contributed by atoms with Gasteiger partial charge in [0.2, 0.25) is 0 Å². The van der Waals surface area contributed by atoms with Crippen LogP contribution in [0.3, 0.4) is 0 Å². The molecular formula is C13H24N2O4. The van der Waals surface area contributed by atoms with Gasteiger partial charge in [0.1, 0.15) is 0 Å². The van der Waals surface area contributed by atoms with E-state index < -0.39 is 11.6 Å². The minimum atomic E-state index is -0.943. The second-order valence-electron chi connectivity index (χ2n) is 6.25. The van der Waals surface area contributed by atoms with Gasteiger partial charge in [-0.3, -0.25) is 4.79 Å². The maximum atomic E-state index is 11.8. The summed E-state index contributed by atoms with van der Waals surface area (Å²) in [6.07, 6.45) is 2.80. The summed E-state index contributed by atoms with van der Waals surface area (Å²) in [6, 6.07) is -0.279. The van der Waals surface area contributed by atoms with Crippen molar-refractivity contribution in [3.8, 4) is 0 Å². The summed E-state index contributed by atoms with van der Waals surface area (Å²) in [7, 11) is 1.61. The Kier molecular flexibility index (Phi) is 4.79. The first-order valence-electron chi connectivity index (χ1n) is 6.57. The van der Waals surface area contributed by atoms with Crippen LogP contribution in [-0.4, -0.2) is 52.9 Å². The standard InChI is InChI=1S/C13H24N2O4/c1-12(2,19)9-15(3)11(18)14-8-13(5-4-6-13)7-10(16)17/h19H,4-9H2,1-3H3,(H,14,18)(H,16,17). The molecule has 0 saturated heterocycles. The van der Waals surface area contributed by atoms with Crippen LogP contribution in [-0.2, 0) is 4.79 Å². The van der Waals surface area contributed by atoms with Gasteiger partial charge in [-0.05, 0) is 32.1 Å². The van der Waals surface area contributed by atoms with E-state index in [2.05, 4.69) is 5.32 Å². The Bertz CT molecular complexity index is 345. The van der Waals surface area contributed by atoms with Gasteiger partial charge in [0.25, 0.3) is 0 Å². The van der Waals surface area contributed by atoms with Crippen LogP contribution in [0.2, 0.25) is 0 Å². The van der Waals surface area contributed by atoms with E-state index in [1.807, 2.05) is 0 Å². The van der Waals surface area contributed by atoms with Crippen molar-refractivity contribution in [1.82, 2.24) is 10.2 Å². The number of nitrogens with one attached hydrogen (secondary N) is 1. The van der Waals surface area contributed by atoms with Gasteiger partial charge in [-0.25, -0.2) is 4.79 Å². The molecule has 0 heterocycles. The number of urea groups is 1. The summed E-state index contributed by atoms with van der Waals surface area (Å²) >= 11 is 0. The number of nitrogens with zero attached hydrogens (tertiary/aromatic N) is 1. The molecule has 1 saturated carbocycles. The second kappa shape index (κ2) is 5.77. The van der Waals surface area contributed by atoms with Crippen LogP contribution < -0.4 is 5.32 Å². The average molecular weight is 272 g/mol. The lowest BCUT2D eigenvalue weighted by Crippen LogP contribution is -2.49. The number of rotatable bonds is 6. The summed E-state index contributed by atoms with van der Waals surface area (Å²) in [5.74, 6) is -0.821. The van der Waals surface area contributed by atoms with Crippen molar-refractivity contribution in [2.45, 2.75) is 45.1 Å². The van der Waals surface area contributed by atoms with Gasteiger partial charge in [0.15, 0.2) is 0 Å². The lowest BCUT2D eigenvalue weighted by atomic mass is 9.66. The monoisotopic (exact) mass is 272 g/mol. The molecule has 0 bridgehead atoms. The highest BCUT2D eigenvalue weighted by Crippen LogP contribution is 2.43. The molecule has 0 aromatic rings. The van der Waals surface area contributed by atoms with Crippen molar-refractivity contribution in [1.29, 1.82) is 0 Å². The lowest BCUT2D eigenvalue weighted by molar-refractivity contribution is -0.141.